The first-order valence-corrected chi connectivity index (χ1v) is 28.4. The molecule has 3 N–H and O–H groups in total. The molecule has 79 heavy (non-hydrogen) atoms. The molecule has 22 heteroatoms. The van der Waals surface area contributed by atoms with Crippen LogP contribution in [0.25, 0.3) is 0 Å². The van der Waals surface area contributed by atoms with Crippen LogP contribution in [-0.2, 0) is 62.4 Å². The first-order valence-electron chi connectivity index (χ1n) is 26.2. The molecule has 2 aliphatic rings. The minimum absolute atomic E-state index is 0.0855. The Kier molecular flexibility index (Phi) is 20.6. The molecule has 0 unspecified atom stereocenters. The summed E-state index contributed by atoms with van der Waals surface area (Å²) in [5, 5.41) is 12.3. The molecule has 3 heterocycles. The summed E-state index contributed by atoms with van der Waals surface area (Å²) in [5.41, 5.74) is -1.93. The van der Waals surface area contributed by atoms with Gasteiger partial charge in [0.05, 0.1) is 46.9 Å². The topological polar surface area (TPSA) is 259 Å². The number of carboxylic acid groups (broad SMARTS) is 1. The van der Waals surface area contributed by atoms with Gasteiger partial charge in [-0.05, 0) is 64.5 Å². The molecule has 0 bridgehead atoms. The van der Waals surface area contributed by atoms with E-state index in [-0.39, 0.29) is 48.5 Å². The van der Waals surface area contributed by atoms with Crippen LogP contribution < -0.4 is 26.0 Å². The van der Waals surface area contributed by atoms with Crippen LogP contribution in [0.15, 0.2) is 94.6 Å². The Labute approximate surface area is 461 Å². The zero-order valence-electron chi connectivity index (χ0n) is 47.0. The standard InChI is InChI=1S/C57H75N4O17Si/c1-34(2)79(35(3)4,36(5)6)74-33-56(32-73-57(41-16-14-13-15-17-41,42-18-22-44(70-11)23-19-42)43-20-24-45(71-12)25-21-43)31-60(29-48(78-56)61-28-37(7)53(68)59-55(61)69)47(65)30-72-54-50(58-38(8)62)52(76-40(10)64)51(75-39(9)63)46(77-54)26-27-49(66)67/h13-26,28,34-36,46,48,50-52,54H,27,29-33H2,1-12H3,(H,58,62)(H,66,67)(H,59,68,69)/t46-,48-,50-,51-,52-,54-,56+/m1/s1. The van der Waals surface area contributed by atoms with Crippen molar-refractivity contribution in [3.05, 3.63) is 135 Å². The molecule has 21 nitrogen and oxygen atoms in total. The van der Waals surface area contributed by atoms with Gasteiger partial charge in [0, 0.05) is 39.0 Å². The van der Waals surface area contributed by atoms with Crippen LogP contribution in [0.1, 0.15) is 97.2 Å². The number of H-pyrrole nitrogens is 1. The number of carbonyl (C=O) groups is 5. The van der Waals surface area contributed by atoms with E-state index < -0.39 is 110 Å². The third kappa shape index (κ3) is 14.2. The number of hydrogen-bond acceptors (Lipinski definition) is 16. The highest BCUT2D eigenvalue weighted by Gasteiger charge is 2.54. The number of carbonyl (C=O) groups excluding carboxylic acids is 4. The second-order valence-electron chi connectivity index (χ2n) is 20.9. The summed E-state index contributed by atoms with van der Waals surface area (Å²) in [5.74, 6) is -3.05. The van der Waals surface area contributed by atoms with Crippen molar-refractivity contribution in [1.29, 1.82) is 0 Å². The molecule has 1 radical (unpaired) electrons. The molecule has 3 aromatic carbocycles. The van der Waals surface area contributed by atoms with Crippen LogP contribution >= 0.6 is 0 Å². The number of esters is 2. The van der Waals surface area contributed by atoms with Crippen LogP contribution in [0, 0.1) is 13.3 Å². The smallest absolute Gasteiger partial charge is 0.330 e. The number of hydrogen-bond donors (Lipinski definition) is 3. The maximum atomic E-state index is 15.2. The highest BCUT2D eigenvalue weighted by Crippen LogP contribution is 2.46. The molecular formula is C57H75N4O17Si. The van der Waals surface area contributed by atoms with E-state index in [4.69, 9.17) is 42.3 Å². The van der Waals surface area contributed by atoms with Crippen LogP contribution in [-0.4, -0.2) is 141 Å². The van der Waals surface area contributed by atoms with Crippen molar-refractivity contribution in [1.82, 2.24) is 19.8 Å². The van der Waals surface area contributed by atoms with E-state index in [2.05, 4.69) is 51.8 Å². The number of methoxy groups -OCH3 is 2. The number of aromatic amines is 1. The lowest BCUT2D eigenvalue weighted by Gasteiger charge is -2.50. The fourth-order valence-electron chi connectivity index (χ4n) is 11.1. The van der Waals surface area contributed by atoms with Gasteiger partial charge in [0.25, 0.3) is 5.56 Å². The van der Waals surface area contributed by atoms with Gasteiger partial charge in [-0.15, -0.1) is 0 Å². The normalized spacial score (nSPS) is 21.6. The summed E-state index contributed by atoms with van der Waals surface area (Å²) >= 11 is 0. The van der Waals surface area contributed by atoms with Crippen molar-refractivity contribution in [2.45, 2.75) is 140 Å². The number of benzene rings is 3. The highest BCUT2D eigenvalue weighted by molar-refractivity contribution is 6.77. The van der Waals surface area contributed by atoms with Crippen molar-refractivity contribution in [3.8, 4) is 11.5 Å². The predicted molar refractivity (Wildman–Crippen MR) is 291 cm³/mol. The lowest BCUT2D eigenvalue weighted by Crippen LogP contribution is -2.66. The molecule has 2 fully saturated rings. The van der Waals surface area contributed by atoms with Crippen molar-refractivity contribution in [2.75, 3.05) is 47.1 Å². The van der Waals surface area contributed by atoms with Crippen molar-refractivity contribution in [2.24, 2.45) is 0 Å². The summed E-state index contributed by atoms with van der Waals surface area (Å²) < 4.78 is 58.3. The van der Waals surface area contributed by atoms with Gasteiger partial charge < -0.3 is 57.6 Å². The Hall–Kier alpha value is -6.69. The predicted octanol–water partition coefficient (Wildman–Crippen LogP) is 5.95. The fraction of sp³-hybridized carbons (Fsp3) is 0.509. The molecule has 2 amide bonds. The van der Waals surface area contributed by atoms with E-state index in [1.807, 2.05) is 78.9 Å². The minimum atomic E-state index is -2.80. The Morgan fingerprint density at radius 2 is 1.35 bits per heavy atom. The second kappa shape index (κ2) is 26.5. The third-order valence-corrected chi connectivity index (χ3v) is 20.6. The third-order valence-electron chi connectivity index (χ3n) is 14.5. The first-order chi connectivity index (χ1) is 37.4. The van der Waals surface area contributed by atoms with Gasteiger partial charge in [-0.1, -0.05) is 96.1 Å². The fourth-order valence-corrected chi connectivity index (χ4v) is 16.6. The molecule has 0 aliphatic carbocycles. The van der Waals surface area contributed by atoms with Gasteiger partial charge in [0.2, 0.25) is 11.8 Å². The van der Waals surface area contributed by atoms with E-state index in [9.17, 15) is 33.9 Å². The van der Waals surface area contributed by atoms with E-state index >= 15 is 4.79 Å². The van der Waals surface area contributed by atoms with Crippen molar-refractivity contribution >= 4 is 38.0 Å². The Morgan fingerprint density at radius 3 is 1.86 bits per heavy atom. The molecule has 4 aromatic rings. The number of ether oxygens (including phenoxy) is 8. The summed E-state index contributed by atoms with van der Waals surface area (Å²) in [7, 11) is 0.344. The maximum absolute atomic E-state index is 15.2. The zero-order chi connectivity index (χ0) is 58.0. The van der Waals surface area contributed by atoms with Gasteiger partial charge in [-0.3, -0.25) is 38.3 Å². The number of nitrogens with one attached hydrogen (secondary N) is 2. The number of carboxylic acids is 1. The van der Waals surface area contributed by atoms with Gasteiger partial charge in [0.15, 0.2) is 33.0 Å². The monoisotopic (exact) mass is 1120 g/mol. The quantitative estimate of drug-likeness (QED) is 0.0416. The molecule has 2 saturated heterocycles. The van der Waals surface area contributed by atoms with Crippen molar-refractivity contribution in [3.63, 3.8) is 0 Å². The van der Waals surface area contributed by atoms with Crippen LogP contribution in [0.3, 0.4) is 0 Å². The molecule has 2 aliphatic heterocycles. The van der Waals surface area contributed by atoms with E-state index in [0.717, 1.165) is 19.4 Å². The first kappa shape index (κ1) is 61.5. The molecular weight excluding hydrogens is 1040 g/mol. The number of aliphatic carboxylic acids is 1. The van der Waals surface area contributed by atoms with Gasteiger partial charge in [-0.25, -0.2) is 4.79 Å². The summed E-state index contributed by atoms with van der Waals surface area (Å²) in [6.45, 7) is 16.0. The van der Waals surface area contributed by atoms with E-state index in [1.54, 1.807) is 14.2 Å². The number of amides is 2. The molecule has 6 rings (SSSR count). The zero-order valence-corrected chi connectivity index (χ0v) is 48.0. The average molecular weight is 1120 g/mol. The summed E-state index contributed by atoms with van der Waals surface area (Å²) in [6.07, 6.45) is -5.29. The maximum Gasteiger partial charge on any atom is 0.330 e. The summed E-state index contributed by atoms with van der Waals surface area (Å²) in [4.78, 5) is 95.6. The van der Waals surface area contributed by atoms with Crippen LogP contribution in [0.4, 0.5) is 0 Å². The number of aryl methyl sites for hydroxylation is 1. The molecule has 1 aromatic heterocycles. The second-order valence-corrected chi connectivity index (χ2v) is 26.4. The number of aromatic nitrogens is 2. The molecule has 0 spiro atoms. The lowest BCUT2D eigenvalue weighted by molar-refractivity contribution is -0.266. The van der Waals surface area contributed by atoms with E-state index in [1.165, 1.54) is 35.9 Å². The molecule has 7 atom stereocenters. The van der Waals surface area contributed by atoms with Crippen LogP contribution in [0.5, 0.6) is 11.5 Å². The Bertz CT molecular complexity index is 2790. The Balaban J connectivity index is 1.53. The summed E-state index contributed by atoms with van der Waals surface area (Å²) in [6, 6.07) is 23.1. The van der Waals surface area contributed by atoms with Crippen LogP contribution in [0.2, 0.25) is 16.6 Å². The lowest BCUT2D eigenvalue weighted by atomic mass is 9.79. The Morgan fingerprint density at radius 1 is 0.810 bits per heavy atom. The average Bonchev–Trinajstić information content (AvgIpc) is 3.43. The number of nitrogens with zero attached hydrogens (tertiary/aromatic N) is 2. The van der Waals surface area contributed by atoms with E-state index in [0.29, 0.717) is 22.6 Å². The SMILES string of the molecule is COc1ccc(C(OC[C@]2(CO[Si](C(C)C)(C(C)C)C(C)C)CN(C(=O)CO[C@@H]3O[C@H]([CH]CC(=O)O)[C@@H](OC(C)=O)[C@H](OC(C)=O)[C@H]3NC(C)=O)C[C@H](n3cc(C)c(=O)[nH]c3=O)O2)(c2ccccc2)c2ccc(OC)cc2)cc1. The molecule has 429 valence electrons. The molecule has 0 saturated carbocycles. The van der Waals surface area contributed by atoms with Gasteiger partial charge in [-0.2, -0.15) is 0 Å². The highest BCUT2D eigenvalue weighted by atomic mass is 28.4. The van der Waals surface area contributed by atoms with Gasteiger partial charge >= 0.3 is 23.6 Å². The number of rotatable bonds is 24. The minimum Gasteiger partial charge on any atom is -0.497 e. The van der Waals surface area contributed by atoms with Gasteiger partial charge in [0.1, 0.15) is 41.5 Å². The number of morpholine rings is 1. The van der Waals surface area contributed by atoms with Crippen molar-refractivity contribution < 1.29 is 71.4 Å². The largest absolute Gasteiger partial charge is 0.497 e.